The predicted molar refractivity (Wildman–Crippen MR) is 98.5 cm³/mol. The maximum Gasteiger partial charge on any atom is 0.223 e. The van der Waals surface area contributed by atoms with Gasteiger partial charge in [0.1, 0.15) is 17.5 Å². The quantitative estimate of drug-likeness (QED) is 0.732. The number of hydrogen-bond donors (Lipinski definition) is 2. The zero-order valence-corrected chi connectivity index (χ0v) is 14.6. The number of nitrogens with two attached hydrogens (primary N) is 2. The molecule has 0 spiro atoms. The van der Waals surface area contributed by atoms with E-state index in [0.29, 0.717) is 11.7 Å². The van der Waals surface area contributed by atoms with Crippen LogP contribution in [0.25, 0.3) is 0 Å². The fraction of sp³-hybridized carbons (Fsp3) is 0.375. The van der Waals surface area contributed by atoms with Crippen LogP contribution in [0.3, 0.4) is 0 Å². The normalized spacial score (nSPS) is 17.8. The Bertz CT molecular complexity index is 823. The Hall–Kier alpha value is -2.68. The largest absolute Gasteiger partial charge is 0.383 e. The number of imidazole rings is 1. The molecular formula is C16H20N8S. The van der Waals surface area contributed by atoms with Crippen LogP contribution in [0.5, 0.6) is 0 Å². The number of rotatable bonds is 4. The van der Waals surface area contributed by atoms with E-state index in [0.717, 1.165) is 49.8 Å². The minimum absolute atomic E-state index is 0.210. The fourth-order valence-electron chi connectivity index (χ4n) is 3.33. The van der Waals surface area contributed by atoms with Crippen LogP contribution in [0.2, 0.25) is 0 Å². The summed E-state index contributed by atoms with van der Waals surface area (Å²) in [7, 11) is 0. The van der Waals surface area contributed by atoms with Crippen molar-refractivity contribution in [3.63, 3.8) is 0 Å². The first-order valence-electron chi connectivity index (χ1n) is 8.22. The van der Waals surface area contributed by atoms with Gasteiger partial charge in [-0.05, 0) is 12.8 Å². The summed E-state index contributed by atoms with van der Waals surface area (Å²) in [6.45, 7) is 2.52. The minimum atomic E-state index is 0.210. The second-order valence-electron chi connectivity index (χ2n) is 6.19. The summed E-state index contributed by atoms with van der Waals surface area (Å²) in [5, 5.41) is 2.07. The highest BCUT2D eigenvalue weighted by molar-refractivity contribution is 7.07. The van der Waals surface area contributed by atoms with Gasteiger partial charge in [-0.3, -0.25) is 0 Å². The lowest BCUT2D eigenvalue weighted by Crippen LogP contribution is -2.36. The lowest BCUT2D eigenvalue weighted by atomic mass is 9.97. The Labute approximate surface area is 149 Å². The molecule has 1 aliphatic heterocycles. The van der Waals surface area contributed by atoms with Gasteiger partial charge in [0.25, 0.3) is 0 Å². The topological polar surface area (TPSA) is 112 Å². The SMILES string of the molecule is Nc1cc(N2CCC[C@@H](c3nccn3Cc3cscn3)C2)nc(N)n1. The number of nitrogen functional groups attached to an aromatic ring is 2. The molecule has 1 saturated heterocycles. The average molecular weight is 356 g/mol. The summed E-state index contributed by atoms with van der Waals surface area (Å²) in [6.07, 6.45) is 6.05. The highest BCUT2D eigenvalue weighted by Crippen LogP contribution is 2.29. The van der Waals surface area contributed by atoms with Crippen LogP contribution in [0.15, 0.2) is 29.4 Å². The van der Waals surface area contributed by atoms with Gasteiger partial charge < -0.3 is 20.9 Å². The second-order valence-corrected chi connectivity index (χ2v) is 6.91. The molecule has 4 rings (SSSR count). The van der Waals surface area contributed by atoms with Gasteiger partial charge in [-0.2, -0.15) is 9.97 Å². The van der Waals surface area contributed by atoms with Crippen LogP contribution in [-0.2, 0) is 6.54 Å². The van der Waals surface area contributed by atoms with Gasteiger partial charge in [-0.15, -0.1) is 11.3 Å². The summed E-state index contributed by atoms with van der Waals surface area (Å²) in [5.41, 5.74) is 14.5. The number of hydrogen-bond acceptors (Lipinski definition) is 8. The average Bonchev–Trinajstić information content (AvgIpc) is 3.26. The lowest BCUT2D eigenvalue weighted by molar-refractivity contribution is 0.473. The van der Waals surface area contributed by atoms with Gasteiger partial charge in [0.2, 0.25) is 5.95 Å². The van der Waals surface area contributed by atoms with Crippen molar-refractivity contribution < 1.29 is 0 Å². The van der Waals surface area contributed by atoms with Gasteiger partial charge in [-0.25, -0.2) is 9.97 Å². The van der Waals surface area contributed by atoms with E-state index < -0.39 is 0 Å². The third kappa shape index (κ3) is 3.41. The van der Waals surface area contributed by atoms with E-state index in [1.807, 2.05) is 17.9 Å². The zero-order chi connectivity index (χ0) is 17.2. The summed E-state index contributed by atoms with van der Waals surface area (Å²) >= 11 is 1.61. The molecule has 4 N–H and O–H groups in total. The van der Waals surface area contributed by atoms with E-state index in [1.54, 1.807) is 17.4 Å². The molecule has 25 heavy (non-hydrogen) atoms. The van der Waals surface area contributed by atoms with Crippen LogP contribution in [0.1, 0.15) is 30.3 Å². The molecule has 0 amide bonds. The van der Waals surface area contributed by atoms with Gasteiger partial charge in [0.15, 0.2) is 0 Å². The van der Waals surface area contributed by atoms with Gasteiger partial charge >= 0.3 is 0 Å². The van der Waals surface area contributed by atoms with Crippen LogP contribution in [0.4, 0.5) is 17.6 Å². The lowest BCUT2D eigenvalue weighted by Gasteiger charge is -2.33. The molecule has 9 heteroatoms. The van der Waals surface area contributed by atoms with E-state index in [-0.39, 0.29) is 5.95 Å². The number of anilines is 3. The monoisotopic (exact) mass is 356 g/mol. The smallest absolute Gasteiger partial charge is 0.223 e. The van der Waals surface area contributed by atoms with E-state index in [9.17, 15) is 0 Å². The first kappa shape index (κ1) is 15.8. The van der Waals surface area contributed by atoms with Gasteiger partial charge in [-0.1, -0.05) is 0 Å². The van der Waals surface area contributed by atoms with Crippen molar-refractivity contribution in [2.75, 3.05) is 29.5 Å². The van der Waals surface area contributed by atoms with Gasteiger partial charge in [0, 0.05) is 42.8 Å². The fourth-order valence-corrected chi connectivity index (χ4v) is 3.88. The first-order chi connectivity index (χ1) is 12.2. The molecule has 0 unspecified atom stereocenters. The molecule has 0 radical (unpaired) electrons. The minimum Gasteiger partial charge on any atom is -0.383 e. The van der Waals surface area contributed by atoms with Crippen molar-refractivity contribution in [1.82, 2.24) is 24.5 Å². The number of piperidine rings is 1. The molecule has 3 aromatic rings. The van der Waals surface area contributed by atoms with Crippen molar-refractivity contribution in [1.29, 1.82) is 0 Å². The molecule has 4 heterocycles. The molecule has 130 valence electrons. The second kappa shape index (κ2) is 6.67. The Morgan fingerprint density at radius 1 is 1.24 bits per heavy atom. The molecule has 0 bridgehead atoms. The summed E-state index contributed by atoms with van der Waals surface area (Å²) < 4.78 is 2.19. The first-order valence-corrected chi connectivity index (χ1v) is 9.16. The maximum atomic E-state index is 5.81. The van der Waals surface area contributed by atoms with E-state index in [1.165, 1.54) is 0 Å². The third-order valence-electron chi connectivity index (χ3n) is 4.42. The van der Waals surface area contributed by atoms with Crippen molar-refractivity contribution in [2.24, 2.45) is 0 Å². The molecule has 1 aliphatic rings. The zero-order valence-electron chi connectivity index (χ0n) is 13.7. The van der Waals surface area contributed by atoms with Crippen molar-refractivity contribution in [3.8, 4) is 0 Å². The van der Waals surface area contributed by atoms with E-state index in [2.05, 4.69) is 34.8 Å². The van der Waals surface area contributed by atoms with Crippen LogP contribution in [0, 0.1) is 0 Å². The molecule has 0 aromatic carbocycles. The predicted octanol–water partition coefficient (Wildman–Crippen LogP) is 1.73. The highest BCUT2D eigenvalue weighted by Gasteiger charge is 2.26. The standard InChI is InChI=1S/C16H20N8S/c17-13-6-14(22-16(18)21-13)23-4-1-2-11(7-23)15-19-3-5-24(15)8-12-9-25-10-20-12/h3,5-6,9-11H,1-2,4,7-8H2,(H4,17,18,21,22)/t11-/m1/s1. The van der Waals surface area contributed by atoms with Crippen molar-refractivity contribution >= 4 is 28.9 Å². The van der Waals surface area contributed by atoms with Gasteiger partial charge in [0.05, 0.1) is 17.7 Å². The number of nitrogens with zero attached hydrogens (tertiary/aromatic N) is 6. The van der Waals surface area contributed by atoms with Crippen molar-refractivity contribution in [2.45, 2.75) is 25.3 Å². The Morgan fingerprint density at radius 2 is 2.16 bits per heavy atom. The highest BCUT2D eigenvalue weighted by atomic mass is 32.1. The van der Waals surface area contributed by atoms with E-state index in [4.69, 9.17) is 11.5 Å². The molecular weight excluding hydrogens is 336 g/mol. The molecule has 1 atom stereocenters. The Balaban J connectivity index is 1.55. The molecule has 8 nitrogen and oxygen atoms in total. The van der Waals surface area contributed by atoms with E-state index >= 15 is 0 Å². The number of aromatic nitrogens is 5. The number of thiazole rings is 1. The molecule has 0 saturated carbocycles. The molecule has 0 aliphatic carbocycles. The van der Waals surface area contributed by atoms with Crippen LogP contribution < -0.4 is 16.4 Å². The van der Waals surface area contributed by atoms with Crippen molar-refractivity contribution in [3.05, 3.63) is 40.9 Å². The summed E-state index contributed by atoms with van der Waals surface area (Å²) in [4.78, 5) is 19.5. The maximum absolute atomic E-state index is 5.81. The van der Waals surface area contributed by atoms with Crippen LogP contribution >= 0.6 is 11.3 Å². The molecule has 3 aromatic heterocycles. The molecule has 1 fully saturated rings. The van der Waals surface area contributed by atoms with Crippen LogP contribution in [-0.4, -0.2) is 37.6 Å². The Kier molecular flexibility index (Phi) is 4.22. The third-order valence-corrected chi connectivity index (χ3v) is 5.06. The summed E-state index contributed by atoms with van der Waals surface area (Å²) in [6, 6.07) is 1.78. The Morgan fingerprint density at radius 3 is 2.96 bits per heavy atom. The summed E-state index contributed by atoms with van der Waals surface area (Å²) in [5.74, 6) is 2.82.